The highest BCUT2D eigenvalue weighted by Gasteiger charge is 2.08. The van der Waals surface area contributed by atoms with E-state index in [4.69, 9.17) is 4.74 Å². The number of benzene rings is 2. The number of carbonyl (C=O) groups excluding carboxylic acids is 1. The Labute approximate surface area is 167 Å². The molecule has 0 aliphatic heterocycles. The van der Waals surface area contributed by atoms with Crippen LogP contribution in [0.15, 0.2) is 54.7 Å². The van der Waals surface area contributed by atoms with Gasteiger partial charge < -0.3 is 4.74 Å². The zero-order chi connectivity index (χ0) is 19.6. The molecule has 0 aliphatic rings. The minimum atomic E-state index is 0.00464. The van der Waals surface area contributed by atoms with E-state index < -0.39 is 0 Å². The lowest BCUT2D eigenvalue weighted by Gasteiger charge is -2.08. The lowest BCUT2D eigenvalue weighted by atomic mass is 10.0. The second-order valence-corrected chi connectivity index (χ2v) is 7.35. The number of para-hydroxylation sites is 1. The largest absolute Gasteiger partial charge is 0.486 e. The molecule has 0 saturated carbocycles. The molecule has 0 unspecified atom stereocenters. The van der Waals surface area contributed by atoms with E-state index in [2.05, 4.69) is 24.2 Å². The molecule has 1 aromatic heterocycles. The van der Waals surface area contributed by atoms with Gasteiger partial charge in [0.1, 0.15) is 18.9 Å². The van der Waals surface area contributed by atoms with Crippen LogP contribution in [-0.2, 0) is 17.8 Å². The second kappa shape index (κ2) is 10.6. The van der Waals surface area contributed by atoms with Crippen LogP contribution in [0.2, 0.25) is 0 Å². The molecule has 4 nitrogen and oxygen atoms in total. The molecule has 0 spiro atoms. The maximum absolute atomic E-state index is 12.3. The van der Waals surface area contributed by atoms with Gasteiger partial charge in [-0.3, -0.25) is 9.48 Å². The van der Waals surface area contributed by atoms with Crippen LogP contribution in [0, 0.1) is 0 Å². The van der Waals surface area contributed by atoms with E-state index in [9.17, 15) is 4.79 Å². The van der Waals surface area contributed by atoms with E-state index in [1.54, 1.807) is 10.9 Å². The average molecular weight is 379 g/mol. The first-order chi connectivity index (χ1) is 13.8. The number of aromatic nitrogens is 2. The summed E-state index contributed by atoms with van der Waals surface area (Å²) in [5, 5.41) is 5.33. The van der Waals surface area contributed by atoms with Gasteiger partial charge in [0, 0.05) is 5.39 Å². The first kappa shape index (κ1) is 20.1. The molecule has 0 N–H and O–H groups in total. The Balaban J connectivity index is 1.40. The Morgan fingerprint density at radius 3 is 2.54 bits per heavy atom. The number of nitrogens with zero attached hydrogens (tertiary/aromatic N) is 2. The number of unbranched alkanes of at least 4 members (excludes halogenated alkanes) is 5. The number of ketones is 1. The first-order valence-electron chi connectivity index (χ1n) is 10.4. The molecular formula is C24H30N2O2. The zero-order valence-electron chi connectivity index (χ0n) is 16.8. The molecule has 0 amide bonds. The molecule has 0 fully saturated rings. The van der Waals surface area contributed by atoms with Crippen LogP contribution in [0.3, 0.4) is 0 Å². The molecule has 0 aliphatic carbocycles. The summed E-state index contributed by atoms with van der Waals surface area (Å²) in [5.74, 6) is 0.746. The summed E-state index contributed by atoms with van der Waals surface area (Å²) in [5.41, 5.74) is 2.30. The van der Waals surface area contributed by atoms with Crippen molar-refractivity contribution in [2.24, 2.45) is 0 Å². The van der Waals surface area contributed by atoms with Crippen LogP contribution >= 0.6 is 0 Å². The average Bonchev–Trinajstić information content (AvgIpc) is 3.13. The van der Waals surface area contributed by atoms with E-state index in [1.165, 1.54) is 44.1 Å². The minimum Gasteiger partial charge on any atom is -0.486 e. The van der Waals surface area contributed by atoms with Crippen molar-refractivity contribution in [1.29, 1.82) is 0 Å². The number of ether oxygens (including phenoxy) is 1. The Morgan fingerprint density at radius 1 is 0.964 bits per heavy atom. The van der Waals surface area contributed by atoms with E-state index in [-0.39, 0.29) is 18.9 Å². The van der Waals surface area contributed by atoms with Gasteiger partial charge in [-0.2, -0.15) is 5.10 Å². The van der Waals surface area contributed by atoms with Crippen LogP contribution < -0.4 is 4.74 Å². The molecule has 148 valence electrons. The first-order valence-corrected chi connectivity index (χ1v) is 10.4. The van der Waals surface area contributed by atoms with Crippen molar-refractivity contribution in [3.8, 4) is 5.75 Å². The third kappa shape index (κ3) is 5.95. The van der Waals surface area contributed by atoms with Gasteiger partial charge in [0.05, 0.1) is 11.7 Å². The fourth-order valence-corrected chi connectivity index (χ4v) is 3.39. The van der Waals surface area contributed by atoms with Crippen molar-refractivity contribution < 1.29 is 9.53 Å². The molecule has 2 aromatic carbocycles. The van der Waals surface area contributed by atoms with Gasteiger partial charge >= 0.3 is 0 Å². The van der Waals surface area contributed by atoms with Gasteiger partial charge in [0.15, 0.2) is 5.78 Å². The van der Waals surface area contributed by atoms with Gasteiger partial charge in [-0.25, -0.2) is 0 Å². The van der Waals surface area contributed by atoms with Gasteiger partial charge in [-0.15, -0.1) is 0 Å². The summed E-state index contributed by atoms with van der Waals surface area (Å²) in [4.78, 5) is 12.3. The van der Waals surface area contributed by atoms with Crippen molar-refractivity contribution in [3.63, 3.8) is 0 Å². The lowest BCUT2D eigenvalue weighted by Crippen LogP contribution is -2.18. The maximum Gasteiger partial charge on any atom is 0.191 e. The minimum absolute atomic E-state index is 0.00464. The van der Waals surface area contributed by atoms with E-state index in [0.717, 1.165) is 23.1 Å². The Bertz CT molecular complexity index is 868. The molecule has 4 heteroatoms. The highest BCUT2D eigenvalue weighted by atomic mass is 16.5. The molecule has 0 atom stereocenters. The second-order valence-electron chi connectivity index (χ2n) is 7.35. The van der Waals surface area contributed by atoms with Gasteiger partial charge in [-0.1, -0.05) is 69.4 Å². The summed E-state index contributed by atoms with van der Waals surface area (Å²) in [6, 6.07) is 16.0. The molecule has 0 bridgehead atoms. The topological polar surface area (TPSA) is 44.1 Å². The van der Waals surface area contributed by atoms with Crippen molar-refractivity contribution in [2.75, 3.05) is 6.61 Å². The Hall–Kier alpha value is -2.62. The highest BCUT2D eigenvalue weighted by molar-refractivity contribution is 5.83. The molecule has 1 heterocycles. The normalized spacial score (nSPS) is 11.0. The summed E-state index contributed by atoms with van der Waals surface area (Å²) >= 11 is 0. The van der Waals surface area contributed by atoms with Crippen molar-refractivity contribution in [2.45, 2.75) is 58.4 Å². The summed E-state index contributed by atoms with van der Waals surface area (Å²) in [7, 11) is 0. The van der Waals surface area contributed by atoms with E-state index in [0.29, 0.717) is 0 Å². The van der Waals surface area contributed by atoms with Crippen LogP contribution in [0.1, 0.15) is 51.0 Å². The number of hydrogen-bond acceptors (Lipinski definition) is 3. The number of aryl methyl sites for hydroxylation is 1. The summed E-state index contributed by atoms with van der Waals surface area (Å²) in [6.45, 7) is 2.53. The fraction of sp³-hybridized carbons (Fsp3) is 0.417. The maximum atomic E-state index is 12.3. The number of Topliss-reactive ketones (excluding diaryl/α,β-unsaturated/α-hetero) is 1. The Kier molecular flexibility index (Phi) is 7.65. The third-order valence-electron chi connectivity index (χ3n) is 5.02. The number of fused-ring (bicyclic) bond motifs is 1. The Morgan fingerprint density at radius 2 is 1.71 bits per heavy atom. The predicted molar refractivity (Wildman–Crippen MR) is 114 cm³/mol. The smallest absolute Gasteiger partial charge is 0.191 e. The monoisotopic (exact) mass is 378 g/mol. The van der Waals surface area contributed by atoms with Gasteiger partial charge in [0.25, 0.3) is 0 Å². The van der Waals surface area contributed by atoms with E-state index in [1.807, 2.05) is 36.4 Å². The number of rotatable bonds is 12. The van der Waals surface area contributed by atoms with Crippen LogP contribution in [-0.4, -0.2) is 22.2 Å². The van der Waals surface area contributed by atoms with Crippen LogP contribution in [0.4, 0.5) is 0 Å². The number of hydrogen-bond donors (Lipinski definition) is 0. The molecule has 0 radical (unpaired) electrons. The van der Waals surface area contributed by atoms with Gasteiger partial charge in [0.2, 0.25) is 0 Å². The predicted octanol–water partition coefficient (Wildman–Crippen LogP) is 5.59. The lowest BCUT2D eigenvalue weighted by molar-refractivity contribution is -0.121. The zero-order valence-corrected chi connectivity index (χ0v) is 16.8. The molecule has 3 rings (SSSR count). The standard InChI is InChI=1S/C24H30N2O2/c1-2-3-4-5-6-7-10-20-13-15-23(16-14-20)28-19-22(27)18-26-24-12-9-8-11-21(24)17-25-26/h8-9,11-17H,2-7,10,18-19H2,1H3. The quantitative estimate of drug-likeness (QED) is 0.386. The van der Waals surface area contributed by atoms with Crippen molar-refractivity contribution >= 4 is 16.7 Å². The van der Waals surface area contributed by atoms with Crippen LogP contribution in [0.25, 0.3) is 10.9 Å². The third-order valence-corrected chi connectivity index (χ3v) is 5.02. The summed E-state index contributed by atoms with van der Waals surface area (Å²) < 4.78 is 7.39. The molecule has 28 heavy (non-hydrogen) atoms. The number of carbonyl (C=O) groups is 1. The molecule has 0 saturated heterocycles. The van der Waals surface area contributed by atoms with Crippen molar-refractivity contribution in [3.05, 3.63) is 60.3 Å². The SMILES string of the molecule is CCCCCCCCc1ccc(OCC(=O)Cn2ncc3ccccc32)cc1. The molecular weight excluding hydrogens is 348 g/mol. The fourth-order valence-electron chi connectivity index (χ4n) is 3.39. The van der Waals surface area contributed by atoms with Crippen LogP contribution in [0.5, 0.6) is 5.75 Å². The van der Waals surface area contributed by atoms with E-state index >= 15 is 0 Å². The van der Waals surface area contributed by atoms with Gasteiger partial charge in [-0.05, 0) is 36.6 Å². The summed E-state index contributed by atoms with van der Waals surface area (Å²) in [6.07, 6.45) is 10.8. The molecule has 3 aromatic rings. The highest BCUT2D eigenvalue weighted by Crippen LogP contribution is 2.16. The van der Waals surface area contributed by atoms with Crippen molar-refractivity contribution in [1.82, 2.24) is 9.78 Å².